The van der Waals surface area contributed by atoms with Gasteiger partial charge in [0.2, 0.25) is 0 Å². The molecule has 166 valence electrons. The van der Waals surface area contributed by atoms with Gasteiger partial charge in [0, 0.05) is 43.1 Å². The zero-order valence-electron chi connectivity index (χ0n) is 17.8. The lowest BCUT2D eigenvalue weighted by Crippen LogP contribution is -2.18. The number of imidazole rings is 1. The Bertz CT molecular complexity index is 1120. The van der Waals surface area contributed by atoms with Gasteiger partial charge in [0.25, 0.3) is 0 Å². The van der Waals surface area contributed by atoms with Crippen molar-refractivity contribution >= 4 is 46.6 Å². The van der Waals surface area contributed by atoms with E-state index in [1.807, 2.05) is 37.1 Å². The Hall–Kier alpha value is -2.87. The first kappa shape index (κ1) is 22.3. The van der Waals surface area contributed by atoms with Gasteiger partial charge in [-0.1, -0.05) is 23.2 Å². The Kier molecular flexibility index (Phi) is 6.79. The minimum absolute atomic E-state index is 0.282. The number of pyridine rings is 1. The van der Waals surface area contributed by atoms with Gasteiger partial charge in [-0.05, 0) is 43.2 Å². The third kappa shape index (κ3) is 4.80. The van der Waals surface area contributed by atoms with Crippen molar-refractivity contribution in [3.05, 3.63) is 75.7 Å². The van der Waals surface area contributed by atoms with Crippen LogP contribution in [0.25, 0.3) is 0 Å². The maximum atomic E-state index is 11.3. The normalized spacial score (nSPS) is 15.5. The molecule has 3 N–H and O–H groups in total. The van der Waals surface area contributed by atoms with E-state index in [2.05, 4.69) is 25.6 Å². The van der Waals surface area contributed by atoms with Gasteiger partial charge in [-0.3, -0.25) is 9.78 Å². The molecule has 9 heteroatoms. The second-order valence-corrected chi connectivity index (χ2v) is 8.47. The molecule has 1 unspecified atom stereocenters. The number of nitrogens with one attached hydrogen (secondary N) is 3. The Labute approximate surface area is 196 Å². The van der Waals surface area contributed by atoms with Gasteiger partial charge in [0.05, 0.1) is 45.8 Å². The quantitative estimate of drug-likeness (QED) is 0.232. The largest absolute Gasteiger partial charge is 0.383 e. The van der Waals surface area contributed by atoms with E-state index in [-0.39, 0.29) is 6.04 Å². The highest BCUT2D eigenvalue weighted by molar-refractivity contribution is 6.39. The molecular weight excluding hydrogens is 447 g/mol. The summed E-state index contributed by atoms with van der Waals surface area (Å²) in [4.78, 5) is 24.7. The fourth-order valence-electron chi connectivity index (χ4n) is 3.63. The van der Waals surface area contributed by atoms with Crippen molar-refractivity contribution in [2.45, 2.75) is 26.3 Å². The SMILES string of the molecule is C/C(=C/C=O)N(c1cncc(NCCc2cnc[nH]2)c1C)c1c(Cl)cc(C2CN2)cc1Cl. The standard InChI is InChI=1S/C23H24Cl2N6O/c1-14(4-6-32)31(23-18(24)7-16(8-19(23)25)21-11-29-21)22-12-26-10-20(15(22)2)28-5-3-17-9-27-13-30-17/h4,6-10,12-13,21,28-29H,3,5,11H2,1-2H3,(H,27,30)/b14-4-. The number of nitrogens with zero attached hydrogens (tertiary/aromatic N) is 3. The molecule has 1 saturated heterocycles. The van der Waals surface area contributed by atoms with Crippen LogP contribution in [0.3, 0.4) is 0 Å². The highest BCUT2D eigenvalue weighted by Crippen LogP contribution is 2.44. The van der Waals surface area contributed by atoms with E-state index < -0.39 is 0 Å². The molecule has 1 fully saturated rings. The van der Waals surface area contributed by atoms with Crippen molar-refractivity contribution < 1.29 is 4.79 Å². The van der Waals surface area contributed by atoms with E-state index in [9.17, 15) is 4.79 Å². The molecule has 0 bridgehead atoms. The summed E-state index contributed by atoms with van der Waals surface area (Å²) in [5.74, 6) is 0. The topological polar surface area (TPSA) is 95.8 Å². The zero-order chi connectivity index (χ0) is 22.7. The number of hydrogen-bond donors (Lipinski definition) is 3. The first-order chi connectivity index (χ1) is 15.5. The Balaban J connectivity index is 1.70. The summed E-state index contributed by atoms with van der Waals surface area (Å²) in [6, 6.07) is 4.12. The van der Waals surface area contributed by atoms with Crippen LogP contribution in [0.2, 0.25) is 10.0 Å². The van der Waals surface area contributed by atoms with Crippen LogP contribution in [0.5, 0.6) is 0 Å². The predicted molar refractivity (Wildman–Crippen MR) is 129 cm³/mol. The lowest BCUT2D eigenvalue weighted by molar-refractivity contribution is -0.104. The van der Waals surface area contributed by atoms with E-state index >= 15 is 0 Å². The summed E-state index contributed by atoms with van der Waals surface area (Å²) < 4.78 is 0. The van der Waals surface area contributed by atoms with Gasteiger partial charge in [-0.2, -0.15) is 0 Å². The van der Waals surface area contributed by atoms with Crippen molar-refractivity contribution in [3.8, 4) is 0 Å². The lowest BCUT2D eigenvalue weighted by atomic mass is 10.1. The molecule has 2 aromatic heterocycles. The van der Waals surface area contributed by atoms with E-state index in [0.29, 0.717) is 28.0 Å². The molecule has 4 rings (SSSR count). The van der Waals surface area contributed by atoms with E-state index in [0.717, 1.165) is 47.4 Å². The summed E-state index contributed by atoms with van der Waals surface area (Å²) in [7, 11) is 0. The van der Waals surface area contributed by atoms with E-state index in [1.54, 1.807) is 18.7 Å². The minimum atomic E-state index is 0.282. The zero-order valence-corrected chi connectivity index (χ0v) is 19.3. The molecule has 0 amide bonds. The van der Waals surface area contributed by atoms with Crippen molar-refractivity contribution in [3.63, 3.8) is 0 Å². The number of aldehydes is 1. The van der Waals surface area contributed by atoms with Gasteiger partial charge in [0.15, 0.2) is 0 Å². The van der Waals surface area contributed by atoms with Gasteiger partial charge in [0.1, 0.15) is 6.29 Å². The number of H-pyrrole nitrogens is 1. The summed E-state index contributed by atoms with van der Waals surface area (Å²) in [5.41, 5.74) is 6.03. The molecule has 1 atom stereocenters. The van der Waals surface area contributed by atoms with Gasteiger partial charge >= 0.3 is 0 Å². The Morgan fingerprint density at radius 1 is 1.25 bits per heavy atom. The van der Waals surface area contributed by atoms with Gasteiger partial charge < -0.3 is 20.5 Å². The summed E-state index contributed by atoms with van der Waals surface area (Å²) in [6.45, 7) is 5.47. The number of aromatic nitrogens is 3. The van der Waals surface area contributed by atoms with E-state index in [1.165, 1.54) is 6.08 Å². The van der Waals surface area contributed by atoms with Crippen molar-refractivity contribution in [1.82, 2.24) is 20.3 Å². The summed E-state index contributed by atoms with van der Waals surface area (Å²) in [6.07, 6.45) is 10.0. The van der Waals surface area contributed by atoms with Crippen LogP contribution in [-0.2, 0) is 11.2 Å². The van der Waals surface area contributed by atoms with Crippen LogP contribution in [0.4, 0.5) is 17.1 Å². The Morgan fingerprint density at radius 3 is 2.62 bits per heavy atom. The van der Waals surface area contributed by atoms with Crippen molar-refractivity contribution in [2.75, 3.05) is 23.3 Å². The molecule has 1 aliphatic rings. The maximum Gasteiger partial charge on any atom is 0.144 e. The van der Waals surface area contributed by atoms with Gasteiger partial charge in [-0.25, -0.2) is 4.98 Å². The average molecular weight is 471 g/mol. The minimum Gasteiger partial charge on any atom is -0.383 e. The van der Waals surface area contributed by atoms with Gasteiger partial charge in [-0.15, -0.1) is 0 Å². The highest BCUT2D eigenvalue weighted by atomic mass is 35.5. The second kappa shape index (κ2) is 9.73. The van der Waals surface area contributed by atoms with Crippen LogP contribution >= 0.6 is 23.2 Å². The molecule has 0 spiro atoms. The molecule has 1 aromatic carbocycles. The van der Waals surface area contributed by atoms with Crippen LogP contribution in [0.1, 0.15) is 29.8 Å². The number of rotatable bonds is 9. The van der Waals surface area contributed by atoms with Crippen LogP contribution in [-0.4, -0.2) is 34.3 Å². The third-order valence-corrected chi connectivity index (χ3v) is 6.01. The monoisotopic (exact) mass is 470 g/mol. The first-order valence-corrected chi connectivity index (χ1v) is 11.1. The molecule has 1 aliphatic heterocycles. The number of halogens is 2. The van der Waals surface area contributed by atoms with E-state index in [4.69, 9.17) is 23.2 Å². The first-order valence-electron chi connectivity index (χ1n) is 10.3. The highest BCUT2D eigenvalue weighted by Gasteiger charge is 2.27. The fraction of sp³-hybridized carbons (Fsp3) is 0.261. The van der Waals surface area contributed by atoms with Crippen molar-refractivity contribution in [1.29, 1.82) is 0 Å². The molecule has 0 radical (unpaired) electrons. The second-order valence-electron chi connectivity index (χ2n) is 7.66. The number of benzene rings is 1. The molecule has 0 aliphatic carbocycles. The number of aromatic amines is 1. The predicted octanol–water partition coefficient (Wildman–Crippen LogP) is 4.96. The molecular formula is C23H24Cl2N6O. The fourth-order valence-corrected chi connectivity index (χ4v) is 4.30. The summed E-state index contributed by atoms with van der Waals surface area (Å²) in [5, 5.41) is 7.71. The number of carbonyl (C=O) groups excluding carboxylic acids is 1. The van der Waals surface area contributed by atoms with Crippen LogP contribution in [0, 0.1) is 6.92 Å². The smallest absolute Gasteiger partial charge is 0.144 e. The van der Waals surface area contributed by atoms with Crippen LogP contribution in [0.15, 0.2) is 48.8 Å². The molecule has 7 nitrogen and oxygen atoms in total. The number of carbonyl (C=O) groups is 1. The molecule has 3 heterocycles. The average Bonchev–Trinajstić information content (AvgIpc) is 3.49. The maximum absolute atomic E-state index is 11.3. The van der Waals surface area contributed by atoms with Crippen LogP contribution < -0.4 is 15.5 Å². The Morgan fingerprint density at radius 2 is 2.00 bits per heavy atom. The molecule has 0 saturated carbocycles. The third-order valence-electron chi connectivity index (χ3n) is 5.43. The summed E-state index contributed by atoms with van der Waals surface area (Å²) >= 11 is 13.4. The van der Waals surface area contributed by atoms with Crippen molar-refractivity contribution in [2.24, 2.45) is 0 Å². The molecule has 3 aromatic rings. The number of anilines is 3. The number of hydrogen-bond acceptors (Lipinski definition) is 6. The number of allylic oxidation sites excluding steroid dienone is 2. The molecule has 32 heavy (non-hydrogen) atoms. The lowest BCUT2D eigenvalue weighted by Gasteiger charge is -2.29.